The third-order valence-corrected chi connectivity index (χ3v) is 4.94. The number of hydrogen-bond acceptors (Lipinski definition) is 3. The Kier molecular flexibility index (Phi) is 14.3. The van der Waals surface area contributed by atoms with E-state index >= 15 is 0 Å². The van der Waals surface area contributed by atoms with E-state index in [0.29, 0.717) is 0 Å². The van der Waals surface area contributed by atoms with Crippen molar-refractivity contribution in [3.63, 3.8) is 0 Å². The summed E-state index contributed by atoms with van der Waals surface area (Å²) in [6, 6.07) is 0. The summed E-state index contributed by atoms with van der Waals surface area (Å²) in [6.07, 6.45) is 23.6. The fourth-order valence-electron chi connectivity index (χ4n) is 2.77. The second kappa shape index (κ2) is 14.8. The topological polar surface area (TPSA) is 66.0 Å². The van der Waals surface area contributed by atoms with E-state index in [2.05, 4.69) is 41.8 Å². The lowest BCUT2D eigenvalue weighted by molar-refractivity contribution is -0.671. The monoisotopic (exact) mass is 428 g/mol. The van der Waals surface area contributed by atoms with Crippen molar-refractivity contribution in [1.29, 1.82) is 0 Å². The molecular weight excluding hydrogens is 393 g/mol. The zero-order valence-corrected chi connectivity index (χ0v) is 17.9. The van der Waals surface area contributed by atoms with E-state index in [1.807, 2.05) is 0 Å². The Labute approximate surface area is 167 Å². The van der Waals surface area contributed by atoms with E-state index in [-0.39, 0.29) is 0 Å². The predicted molar refractivity (Wildman–Crippen MR) is 102 cm³/mol. The maximum absolute atomic E-state index is 10.7. The van der Waals surface area contributed by atoms with Crippen LogP contribution in [0.3, 0.4) is 0 Å². The Morgan fingerprint density at radius 1 is 0.893 bits per heavy atom. The molecule has 0 amide bonds. The van der Waals surface area contributed by atoms with Crippen molar-refractivity contribution < 1.29 is 30.7 Å². The molecule has 0 aliphatic heterocycles. The Hall–Kier alpha value is -1.09. The number of aryl methyl sites for hydroxylation is 2. The molecule has 1 rings (SSSR count). The van der Waals surface area contributed by atoms with Crippen molar-refractivity contribution in [2.75, 3.05) is 0 Å². The van der Waals surface area contributed by atoms with Gasteiger partial charge in [-0.1, -0.05) is 71.1 Å². The zero-order chi connectivity index (χ0) is 21.5. The number of imidazole rings is 1. The lowest BCUT2D eigenvalue weighted by atomic mass is 10.1. The van der Waals surface area contributed by atoms with Crippen LogP contribution in [-0.4, -0.2) is 23.0 Å². The Balaban J connectivity index is 0.000000769. The van der Waals surface area contributed by atoms with Gasteiger partial charge in [-0.05, 0) is 12.8 Å². The van der Waals surface area contributed by atoms with Gasteiger partial charge in [0.05, 0.1) is 13.6 Å². The van der Waals surface area contributed by atoms with Crippen molar-refractivity contribution in [3.05, 3.63) is 18.7 Å². The first-order valence-corrected chi connectivity index (χ1v) is 11.5. The number of rotatable bonds is 13. The first-order valence-electron chi connectivity index (χ1n) is 10.1. The van der Waals surface area contributed by atoms with Gasteiger partial charge in [0.2, 0.25) is 6.33 Å². The van der Waals surface area contributed by atoms with Gasteiger partial charge >= 0.3 is 5.51 Å². The Morgan fingerprint density at radius 2 is 1.29 bits per heavy atom. The molecule has 1 heterocycles. The van der Waals surface area contributed by atoms with Crippen LogP contribution in [0.5, 0.6) is 0 Å². The molecule has 1 aromatic heterocycles. The molecule has 0 fully saturated rings. The quantitative estimate of drug-likeness (QED) is 0.191. The van der Waals surface area contributed by atoms with Gasteiger partial charge in [0.1, 0.15) is 12.4 Å². The third kappa shape index (κ3) is 14.9. The van der Waals surface area contributed by atoms with Crippen LogP contribution in [0.2, 0.25) is 0 Å². The lowest BCUT2D eigenvalue weighted by Crippen LogP contribution is -2.23. The van der Waals surface area contributed by atoms with E-state index < -0.39 is 15.6 Å². The first-order chi connectivity index (χ1) is 13.1. The highest BCUT2D eigenvalue weighted by molar-refractivity contribution is 7.86. The van der Waals surface area contributed by atoms with Crippen LogP contribution >= 0.6 is 0 Å². The summed E-state index contributed by atoms with van der Waals surface area (Å²) in [7, 11) is -4.01. The number of alkyl halides is 3. The minimum atomic E-state index is -6.09. The Bertz CT molecular complexity index is 602. The zero-order valence-electron chi connectivity index (χ0n) is 17.1. The predicted octanol–water partition coefficient (Wildman–Crippen LogP) is 5.07. The summed E-state index contributed by atoms with van der Waals surface area (Å²) < 4.78 is 63.3. The molecule has 0 aliphatic carbocycles. The van der Waals surface area contributed by atoms with Gasteiger partial charge in [-0.25, -0.2) is 17.6 Å². The van der Waals surface area contributed by atoms with E-state index in [4.69, 9.17) is 13.0 Å². The minimum absolute atomic E-state index is 1.18. The minimum Gasteiger partial charge on any atom is -0.741 e. The van der Waals surface area contributed by atoms with E-state index in [1.165, 1.54) is 83.6 Å². The van der Waals surface area contributed by atoms with Gasteiger partial charge in [0, 0.05) is 0 Å². The molecule has 0 bridgehead atoms. The molecule has 1 aromatic rings. The molecule has 0 N–H and O–H groups in total. The van der Waals surface area contributed by atoms with Gasteiger partial charge in [-0.3, -0.25) is 0 Å². The van der Waals surface area contributed by atoms with Crippen LogP contribution < -0.4 is 4.57 Å². The van der Waals surface area contributed by atoms with E-state index in [1.54, 1.807) is 0 Å². The number of nitrogens with zero attached hydrogens (tertiary/aromatic N) is 2. The lowest BCUT2D eigenvalue weighted by Gasteiger charge is -2.08. The molecule has 28 heavy (non-hydrogen) atoms. The number of unbranched alkanes of at least 4 members (excludes halogenated alkanes) is 11. The van der Waals surface area contributed by atoms with Crippen LogP contribution in [0.25, 0.3) is 0 Å². The molecule has 0 saturated heterocycles. The fourth-order valence-corrected chi connectivity index (χ4v) is 2.77. The summed E-state index contributed by atoms with van der Waals surface area (Å²) in [5.41, 5.74) is -5.65. The molecule has 0 spiro atoms. The van der Waals surface area contributed by atoms with Gasteiger partial charge in [-0.2, -0.15) is 13.2 Å². The summed E-state index contributed by atoms with van der Waals surface area (Å²) in [6.45, 7) is 3.47. The summed E-state index contributed by atoms with van der Waals surface area (Å²) in [4.78, 5) is 0. The number of hydrogen-bond donors (Lipinski definition) is 0. The van der Waals surface area contributed by atoms with Gasteiger partial charge in [0.25, 0.3) is 0 Å². The average Bonchev–Trinajstić information content (AvgIpc) is 3.00. The van der Waals surface area contributed by atoms with Gasteiger partial charge in [-0.15, -0.1) is 0 Å². The molecule has 5 nitrogen and oxygen atoms in total. The normalized spacial score (nSPS) is 11.9. The van der Waals surface area contributed by atoms with E-state index in [0.717, 1.165) is 0 Å². The number of aromatic nitrogens is 2. The van der Waals surface area contributed by atoms with Crippen LogP contribution in [0, 0.1) is 0 Å². The van der Waals surface area contributed by atoms with Crippen molar-refractivity contribution >= 4 is 10.1 Å². The second-order valence-corrected chi connectivity index (χ2v) is 8.48. The molecule has 0 unspecified atom stereocenters. The third-order valence-electron chi connectivity index (χ3n) is 4.38. The maximum atomic E-state index is 10.7. The van der Waals surface area contributed by atoms with Crippen molar-refractivity contribution in [2.24, 2.45) is 7.05 Å². The smallest absolute Gasteiger partial charge is 0.485 e. The fraction of sp³-hybridized carbons (Fsp3) is 0.842. The largest absolute Gasteiger partial charge is 0.741 e. The van der Waals surface area contributed by atoms with E-state index in [9.17, 15) is 13.2 Å². The number of halogens is 3. The van der Waals surface area contributed by atoms with Crippen molar-refractivity contribution in [3.8, 4) is 0 Å². The van der Waals surface area contributed by atoms with Crippen LogP contribution in [-0.2, 0) is 23.7 Å². The average molecular weight is 429 g/mol. The van der Waals surface area contributed by atoms with Crippen molar-refractivity contribution in [1.82, 2.24) is 4.57 Å². The van der Waals surface area contributed by atoms with Gasteiger partial charge < -0.3 is 4.55 Å². The molecule has 0 radical (unpaired) electrons. The van der Waals surface area contributed by atoms with Crippen molar-refractivity contribution in [2.45, 2.75) is 96.0 Å². The Morgan fingerprint density at radius 3 is 1.61 bits per heavy atom. The highest BCUT2D eigenvalue weighted by Gasteiger charge is 2.36. The highest BCUT2D eigenvalue weighted by Crippen LogP contribution is 2.20. The van der Waals surface area contributed by atoms with Gasteiger partial charge in [0.15, 0.2) is 10.1 Å². The van der Waals surface area contributed by atoms with Crippen LogP contribution in [0.4, 0.5) is 13.2 Å². The molecular formula is C19H35F3N2O3S. The maximum Gasteiger partial charge on any atom is 0.485 e. The van der Waals surface area contributed by atoms with Crippen LogP contribution in [0.1, 0.15) is 84.0 Å². The molecule has 0 atom stereocenters. The molecule has 0 saturated carbocycles. The molecule has 9 heteroatoms. The van der Waals surface area contributed by atoms with Crippen LogP contribution in [0.15, 0.2) is 18.7 Å². The summed E-state index contributed by atoms with van der Waals surface area (Å²) in [5.74, 6) is 0. The summed E-state index contributed by atoms with van der Waals surface area (Å²) in [5, 5.41) is 0. The summed E-state index contributed by atoms with van der Waals surface area (Å²) >= 11 is 0. The highest BCUT2D eigenvalue weighted by atomic mass is 32.2. The molecule has 166 valence electrons. The first kappa shape index (κ1) is 26.9. The molecule has 0 aromatic carbocycles. The molecule has 0 aliphatic rings. The second-order valence-electron chi connectivity index (χ2n) is 7.11. The standard InChI is InChI=1S/C18H35N2.CHF3O3S/c1-3-4-5-6-7-8-9-10-11-12-13-14-15-20-17-16-19(2)18-20;2-1(3,4)8(5,6)7/h16-18H,3-15H2,1-2H3;(H,5,6,7)/q+1;/p-1. The SMILES string of the molecule is CCCCCCCCCCCCCCn1cc[n+](C)c1.O=S(=O)([O-])C(F)(F)F.